The molecule has 0 amide bonds. The Hall–Kier alpha value is -3.78. The minimum absolute atomic E-state index is 0.136. The molecule has 0 unspecified atom stereocenters. The van der Waals surface area contributed by atoms with Gasteiger partial charge >= 0.3 is 5.97 Å². The third kappa shape index (κ3) is 6.85. The lowest BCUT2D eigenvalue weighted by atomic mass is 10.00. The van der Waals surface area contributed by atoms with Gasteiger partial charge in [-0.05, 0) is 55.0 Å². The standard InChI is InChI=1S/C28H30N2O3/c1-3-22(18-29)10-9-21(2)19-30-17-5-7-25-6-4-8-26(28(25)30)33-20-24-13-11-23(12-14-24)15-16-27(31)32/h3-4,6,8-14H,1,5,7,15-17,19-20H2,2H3,(H,31,32)/b21-9+,22-10+. The van der Waals surface area contributed by atoms with Gasteiger partial charge in [0.05, 0.1) is 17.3 Å². The summed E-state index contributed by atoms with van der Waals surface area (Å²) in [6.45, 7) is 7.89. The number of allylic oxidation sites excluding steroid dienone is 4. The minimum Gasteiger partial charge on any atom is -0.487 e. The zero-order valence-electron chi connectivity index (χ0n) is 19.1. The lowest BCUT2D eigenvalue weighted by Crippen LogP contribution is -2.31. The molecule has 1 aliphatic heterocycles. The van der Waals surface area contributed by atoms with Gasteiger partial charge in [0, 0.05) is 19.5 Å². The van der Waals surface area contributed by atoms with Crippen molar-refractivity contribution in [1.29, 1.82) is 5.26 Å². The van der Waals surface area contributed by atoms with Crippen molar-refractivity contribution >= 4 is 11.7 Å². The molecule has 0 saturated carbocycles. The van der Waals surface area contributed by atoms with Gasteiger partial charge in [0.1, 0.15) is 12.4 Å². The molecule has 3 rings (SSSR count). The van der Waals surface area contributed by atoms with Crippen molar-refractivity contribution in [3.8, 4) is 11.8 Å². The van der Waals surface area contributed by atoms with Crippen LogP contribution >= 0.6 is 0 Å². The Labute approximate surface area is 195 Å². The Bertz CT molecular complexity index is 1090. The highest BCUT2D eigenvalue weighted by Gasteiger charge is 2.21. The molecule has 5 nitrogen and oxygen atoms in total. The number of fused-ring (bicyclic) bond motifs is 1. The van der Waals surface area contributed by atoms with Gasteiger partial charge in [-0.2, -0.15) is 5.26 Å². The van der Waals surface area contributed by atoms with Crippen LogP contribution in [0, 0.1) is 11.3 Å². The van der Waals surface area contributed by atoms with E-state index in [1.54, 1.807) is 12.2 Å². The largest absolute Gasteiger partial charge is 0.487 e. The van der Waals surface area contributed by atoms with E-state index in [1.165, 1.54) is 5.56 Å². The molecule has 5 heteroatoms. The maximum atomic E-state index is 10.8. The highest BCUT2D eigenvalue weighted by atomic mass is 16.5. The van der Waals surface area contributed by atoms with Crippen LogP contribution in [-0.4, -0.2) is 24.2 Å². The van der Waals surface area contributed by atoms with Gasteiger partial charge in [-0.1, -0.05) is 60.7 Å². The second-order valence-electron chi connectivity index (χ2n) is 8.24. The van der Waals surface area contributed by atoms with Crippen LogP contribution in [0.25, 0.3) is 0 Å². The fourth-order valence-corrected chi connectivity index (χ4v) is 3.93. The number of rotatable bonds is 10. The first-order valence-corrected chi connectivity index (χ1v) is 11.2. The number of aliphatic carboxylic acids is 1. The van der Waals surface area contributed by atoms with Crippen LogP contribution in [0.15, 0.2) is 78.4 Å². The first-order valence-electron chi connectivity index (χ1n) is 11.2. The van der Waals surface area contributed by atoms with Crippen LogP contribution < -0.4 is 9.64 Å². The van der Waals surface area contributed by atoms with Crippen LogP contribution in [-0.2, 0) is 24.2 Å². The monoisotopic (exact) mass is 442 g/mol. The number of aryl methyl sites for hydroxylation is 2. The maximum Gasteiger partial charge on any atom is 0.303 e. The summed E-state index contributed by atoms with van der Waals surface area (Å²) in [5.74, 6) is 0.0856. The van der Waals surface area contributed by atoms with Gasteiger partial charge in [0.2, 0.25) is 0 Å². The molecule has 0 radical (unpaired) electrons. The van der Waals surface area contributed by atoms with Crippen molar-refractivity contribution in [1.82, 2.24) is 0 Å². The summed E-state index contributed by atoms with van der Waals surface area (Å²) in [5, 5.41) is 17.9. The van der Waals surface area contributed by atoms with Gasteiger partial charge < -0.3 is 14.7 Å². The van der Waals surface area contributed by atoms with Crippen molar-refractivity contribution in [2.45, 2.75) is 39.2 Å². The summed E-state index contributed by atoms with van der Waals surface area (Å²) in [5.41, 5.74) is 6.19. The van der Waals surface area contributed by atoms with Crippen LogP contribution in [0.4, 0.5) is 5.69 Å². The van der Waals surface area contributed by atoms with Crippen molar-refractivity contribution in [3.05, 3.63) is 95.1 Å². The Kier molecular flexibility index (Phi) is 8.49. The van der Waals surface area contributed by atoms with E-state index < -0.39 is 5.97 Å². The van der Waals surface area contributed by atoms with Crippen molar-refractivity contribution in [3.63, 3.8) is 0 Å². The van der Waals surface area contributed by atoms with Crippen molar-refractivity contribution in [2.75, 3.05) is 18.0 Å². The number of carboxylic acids is 1. The molecule has 0 fully saturated rings. The zero-order chi connectivity index (χ0) is 23.6. The second-order valence-corrected chi connectivity index (χ2v) is 8.24. The number of carbonyl (C=O) groups is 1. The minimum atomic E-state index is -0.784. The summed E-state index contributed by atoms with van der Waals surface area (Å²) in [6, 6.07) is 16.3. The molecule has 170 valence electrons. The van der Waals surface area contributed by atoms with E-state index in [-0.39, 0.29) is 6.42 Å². The fourth-order valence-electron chi connectivity index (χ4n) is 3.93. The predicted molar refractivity (Wildman–Crippen MR) is 131 cm³/mol. The summed E-state index contributed by atoms with van der Waals surface area (Å²) in [4.78, 5) is 13.1. The van der Waals surface area contributed by atoms with E-state index in [1.807, 2.05) is 42.5 Å². The van der Waals surface area contributed by atoms with E-state index in [0.29, 0.717) is 18.6 Å². The van der Waals surface area contributed by atoms with Gasteiger partial charge in [0.15, 0.2) is 0 Å². The lowest BCUT2D eigenvalue weighted by molar-refractivity contribution is -0.136. The summed E-state index contributed by atoms with van der Waals surface area (Å²) in [6.07, 6.45) is 8.12. The number of benzene rings is 2. The first kappa shape index (κ1) is 23.9. The molecular formula is C28H30N2O3. The molecule has 0 spiro atoms. The molecule has 1 aliphatic rings. The van der Waals surface area contributed by atoms with Gasteiger partial charge in [-0.25, -0.2) is 0 Å². The molecule has 2 aromatic carbocycles. The number of anilines is 1. The van der Waals surface area contributed by atoms with Crippen LogP contribution in [0.5, 0.6) is 5.75 Å². The predicted octanol–water partition coefficient (Wildman–Crippen LogP) is 5.62. The molecule has 0 saturated heterocycles. The van der Waals surface area contributed by atoms with Crippen LogP contribution in [0.1, 0.15) is 36.5 Å². The molecule has 1 N–H and O–H groups in total. The Morgan fingerprint density at radius 1 is 1.21 bits per heavy atom. The summed E-state index contributed by atoms with van der Waals surface area (Å²) in [7, 11) is 0. The van der Waals surface area contributed by atoms with Crippen molar-refractivity contribution in [2.24, 2.45) is 0 Å². The summed E-state index contributed by atoms with van der Waals surface area (Å²) >= 11 is 0. The number of ether oxygens (including phenoxy) is 1. The third-order valence-corrected chi connectivity index (χ3v) is 5.65. The number of nitrogens with zero attached hydrogens (tertiary/aromatic N) is 2. The Balaban J connectivity index is 1.72. The van der Waals surface area contributed by atoms with E-state index in [0.717, 1.165) is 54.1 Å². The molecular weight excluding hydrogens is 412 g/mol. The summed E-state index contributed by atoms with van der Waals surface area (Å²) < 4.78 is 6.25. The highest BCUT2D eigenvalue weighted by Crippen LogP contribution is 2.37. The molecule has 2 aromatic rings. The maximum absolute atomic E-state index is 10.8. The molecule has 33 heavy (non-hydrogen) atoms. The van der Waals surface area contributed by atoms with E-state index in [4.69, 9.17) is 15.1 Å². The average Bonchev–Trinajstić information content (AvgIpc) is 2.82. The van der Waals surface area contributed by atoms with Gasteiger partial charge in [0.25, 0.3) is 0 Å². The molecule has 0 aliphatic carbocycles. The number of hydrogen-bond acceptors (Lipinski definition) is 4. The normalized spacial score (nSPS) is 13.8. The SMILES string of the molecule is C=C/C(C#N)=C\C=C(/C)CN1CCCc2cccc(OCc3ccc(CCC(=O)O)cc3)c21. The topological polar surface area (TPSA) is 73.6 Å². The first-order chi connectivity index (χ1) is 16.0. The smallest absolute Gasteiger partial charge is 0.303 e. The average molecular weight is 443 g/mol. The number of nitriles is 1. The number of para-hydroxylation sites is 1. The van der Waals surface area contributed by atoms with Crippen molar-refractivity contribution < 1.29 is 14.6 Å². The molecule has 1 heterocycles. The zero-order valence-corrected chi connectivity index (χ0v) is 19.1. The van der Waals surface area contributed by atoms with E-state index in [2.05, 4.69) is 30.5 Å². The Morgan fingerprint density at radius 2 is 1.97 bits per heavy atom. The lowest BCUT2D eigenvalue weighted by Gasteiger charge is -2.33. The van der Waals surface area contributed by atoms with Gasteiger partial charge in [-0.15, -0.1) is 0 Å². The number of hydrogen-bond donors (Lipinski definition) is 1. The number of carboxylic acid groups (broad SMARTS) is 1. The highest BCUT2D eigenvalue weighted by molar-refractivity contribution is 5.67. The van der Waals surface area contributed by atoms with E-state index in [9.17, 15) is 4.79 Å². The second kappa shape index (κ2) is 11.7. The van der Waals surface area contributed by atoms with Crippen LogP contribution in [0.2, 0.25) is 0 Å². The quantitative estimate of drug-likeness (QED) is 0.382. The molecule has 0 bridgehead atoms. The molecule has 0 atom stereocenters. The third-order valence-electron chi connectivity index (χ3n) is 5.65. The van der Waals surface area contributed by atoms with Gasteiger partial charge in [-0.3, -0.25) is 4.79 Å². The van der Waals surface area contributed by atoms with Crippen LogP contribution in [0.3, 0.4) is 0 Å². The van der Waals surface area contributed by atoms with E-state index >= 15 is 0 Å². The molecule has 0 aromatic heterocycles. The Morgan fingerprint density at radius 3 is 2.67 bits per heavy atom. The fraction of sp³-hybridized carbons (Fsp3) is 0.286.